The van der Waals surface area contributed by atoms with Crippen molar-refractivity contribution in [2.24, 2.45) is 0 Å². The lowest BCUT2D eigenvalue weighted by Gasteiger charge is -2.23. The topological polar surface area (TPSA) is 41.5 Å². The van der Waals surface area contributed by atoms with E-state index >= 15 is 0 Å². The number of hydrogen-bond acceptors (Lipinski definition) is 3. The van der Waals surface area contributed by atoms with Crippen LogP contribution in [0.5, 0.6) is 5.75 Å². The third kappa shape index (κ3) is 6.81. The Bertz CT molecular complexity index is 388. The Balaban J connectivity index is 0.00000324. The van der Waals surface area contributed by atoms with Crippen molar-refractivity contribution in [1.82, 2.24) is 5.32 Å². The van der Waals surface area contributed by atoms with Crippen LogP contribution in [0.15, 0.2) is 18.2 Å². The monoisotopic (exact) mass is 287 g/mol. The highest BCUT2D eigenvalue weighted by atomic mass is 35.5. The molecule has 1 rings (SSSR count). The summed E-state index contributed by atoms with van der Waals surface area (Å²) in [7, 11) is 0. The van der Waals surface area contributed by atoms with Crippen molar-refractivity contribution >= 4 is 12.4 Å². The minimum absolute atomic E-state index is 0. The summed E-state index contributed by atoms with van der Waals surface area (Å²) in [6, 6.07) is 5.96. The van der Waals surface area contributed by atoms with Crippen LogP contribution in [-0.2, 0) is 0 Å². The Kier molecular flexibility index (Phi) is 7.42. The zero-order valence-electron chi connectivity index (χ0n) is 12.5. The van der Waals surface area contributed by atoms with E-state index in [1.807, 2.05) is 19.1 Å². The van der Waals surface area contributed by atoms with E-state index in [1.54, 1.807) is 0 Å². The van der Waals surface area contributed by atoms with Gasteiger partial charge in [-0.15, -0.1) is 12.4 Å². The average Bonchev–Trinajstić information content (AvgIpc) is 2.27. The number of aliphatic hydroxyl groups is 1. The summed E-state index contributed by atoms with van der Waals surface area (Å²) in [6.07, 6.45) is -0.496. The third-order valence-electron chi connectivity index (χ3n) is 2.85. The zero-order valence-corrected chi connectivity index (χ0v) is 13.3. The van der Waals surface area contributed by atoms with Crippen LogP contribution in [0.4, 0.5) is 0 Å². The molecule has 4 heteroatoms. The van der Waals surface area contributed by atoms with E-state index in [1.165, 1.54) is 5.56 Å². The van der Waals surface area contributed by atoms with Crippen molar-refractivity contribution in [2.75, 3.05) is 13.2 Å². The highest BCUT2D eigenvalue weighted by Gasteiger charge is 2.13. The standard InChI is InChI=1S/C15H25NO2.ClH/c1-11-7-6-8-14(12(11)2)18-10-13(17)9-16-15(3,4)5;/h6-8,13,16-17H,9-10H2,1-5H3;1H. The lowest BCUT2D eigenvalue weighted by Crippen LogP contribution is -2.42. The van der Waals surface area contributed by atoms with Gasteiger partial charge in [-0.3, -0.25) is 0 Å². The van der Waals surface area contributed by atoms with Crippen molar-refractivity contribution < 1.29 is 9.84 Å². The van der Waals surface area contributed by atoms with Crippen molar-refractivity contribution in [3.63, 3.8) is 0 Å². The summed E-state index contributed by atoms with van der Waals surface area (Å²) in [5, 5.41) is 13.1. The summed E-state index contributed by atoms with van der Waals surface area (Å²) < 4.78 is 5.65. The van der Waals surface area contributed by atoms with Crippen LogP contribution in [0.2, 0.25) is 0 Å². The van der Waals surface area contributed by atoms with Crippen LogP contribution in [0.1, 0.15) is 31.9 Å². The molecule has 0 saturated heterocycles. The smallest absolute Gasteiger partial charge is 0.122 e. The highest BCUT2D eigenvalue weighted by Crippen LogP contribution is 2.20. The summed E-state index contributed by atoms with van der Waals surface area (Å²) in [5.41, 5.74) is 2.35. The number of nitrogens with one attached hydrogen (secondary N) is 1. The van der Waals surface area contributed by atoms with Crippen LogP contribution in [0.3, 0.4) is 0 Å². The maximum atomic E-state index is 9.85. The normalized spacial score (nSPS) is 12.7. The number of β-amino-alcohol motifs (C(OH)–C–C–N with tert-alkyl or cyclic N) is 1. The fourth-order valence-electron chi connectivity index (χ4n) is 1.55. The molecule has 0 spiro atoms. The maximum absolute atomic E-state index is 9.85. The van der Waals surface area contributed by atoms with Gasteiger partial charge in [-0.25, -0.2) is 0 Å². The van der Waals surface area contributed by atoms with Crippen LogP contribution >= 0.6 is 12.4 Å². The van der Waals surface area contributed by atoms with Gasteiger partial charge in [-0.05, 0) is 51.8 Å². The van der Waals surface area contributed by atoms with E-state index in [-0.39, 0.29) is 17.9 Å². The maximum Gasteiger partial charge on any atom is 0.122 e. The van der Waals surface area contributed by atoms with Gasteiger partial charge in [0.15, 0.2) is 0 Å². The van der Waals surface area contributed by atoms with Gasteiger partial charge in [-0.2, -0.15) is 0 Å². The van der Waals surface area contributed by atoms with Gasteiger partial charge in [0.05, 0.1) is 0 Å². The Morgan fingerprint density at radius 1 is 1.26 bits per heavy atom. The molecule has 1 aromatic rings. The van der Waals surface area contributed by atoms with E-state index < -0.39 is 6.10 Å². The number of aryl methyl sites for hydroxylation is 1. The molecular weight excluding hydrogens is 262 g/mol. The third-order valence-corrected chi connectivity index (χ3v) is 2.85. The molecule has 110 valence electrons. The van der Waals surface area contributed by atoms with E-state index in [0.29, 0.717) is 13.2 Å². The largest absolute Gasteiger partial charge is 0.491 e. The van der Waals surface area contributed by atoms with Gasteiger partial charge in [0.1, 0.15) is 18.5 Å². The molecule has 2 N–H and O–H groups in total. The van der Waals surface area contributed by atoms with Gasteiger partial charge in [-0.1, -0.05) is 12.1 Å². The first-order valence-electron chi connectivity index (χ1n) is 6.42. The van der Waals surface area contributed by atoms with Crippen molar-refractivity contribution in [3.8, 4) is 5.75 Å². The van der Waals surface area contributed by atoms with Gasteiger partial charge < -0.3 is 15.2 Å². The number of halogens is 1. The SMILES string of the molecule is Cc1cccc(OCC(O)CNC(C)(C)C)c1C.Cl. The Labute approximate surface area is 122 Å². The second-order valence-electron chi connectivity index (χ2n) is 5.79. The van der Waals surface area contributed by atoms with Crippen LogP contribution in [-0.4, -0.2) is 29.9 Å². The first-order chi connectivity index (χ1) is 8.29. The summed E-state index contributed by atoms with van der Waals surface area (Å²) in [4.78, 5) is 0. The van der Waals surface area contributed by atoms with Gasteiger partial charge in [0.25, 0.3) is 0 Å². The molecule has 0 heterocycles. The van der Waals surface area contributed by atoms with Crippen LogP contribution < -0.4 is 10.1 Å². The predicted molar refractivity (Wildman–Crippen MR) is 82.4 cm³/mol. The Morgan fingerprint density at radius 3 is 2.47 bits per heavy atom. The van der Waals surface area contributed by atoms with Gasteiger partial charge in [0.2, 0.25) is 0 Å². The molecule has 3 nitrogen and oxygen atoms in total. The molecule has 0 aromatic heterocycles. The fraction of sp³-hybridized carbons (Fsp3) is 0.600. The first-order valence-corrected chi connectivity index (χ1v) is 6.42. The van der Waals surface area contributed by atoms with Gasteiger partial charge >= 0.3 is 0 Å². The lowest BCUT2D eigenvalue weighted by molar-refractivity contribution is 0.0997. The van der Waals surface area contributed by atoms with Crippen LogP contribution in [0, 0.1) is 13.8 Å². The Morgan fingerprint density at radius 2 is 1.89 bits per heavy atom. The van der Waals surface area contributed by atoms with E-state index in [4.69, 9.17) is 4.74 Å². The molecule has 0 fully saturated rings. The average molecular weight is 288 g/mol. The van der Waals surface area contributed by atoms with Crippen LogP contribution in [0.25, 0.3) is 0 Å². The van der Waals surface area contributed by atoms with Crippen molar-refractivity contribution in [2.45, 2.75) is 46.3 Å². The van der Waals surface area contributed by atoms with Crippen molar-refractivity contribution in [1.29, 1.82) is 0 Å². The van der Waals surface area contributed by atoms with E-state index in [0.717, 1.165) is 11.3 Å². The second kappa shape index (κ2) is 7.73. The molecule has 0 aliphatic rings. The Hall–Kier alpha value is -0.770. The number of aliphatic hydroxyl groups excluding tert-OH is 1. The molecule has 0 amide bonds. The number of ether oxygens (including phenoxy) is 1. The second-order valence-corrected chi connectivity index (χ2v) is 5.79. The number of benzene rings is 1. The fourth-order valence-corrected chi connectivity index (χ4v) is 1.55. The molecule has 0 radical (unpaired) electrons. The minimum Gasteiger partial charge on any atom is -0.491 e. The summed E-state index contributed by atoms with van der Waals surface area (Å²) in [6.45, 7) is 11.2. The highest BCUT2D eigenvalue weighted by molar-refractivity contribution is 5.85. The molecular formula is C15H26ClNO2. The quantitative estimate of drug-likeness (QED) is 0.875. The molecule has 1 unspecified atom stereocenters. The molecule has 1 atom stereocenters. The summed E-state index contributed by atoms with van der Waals surface area (Å²) >= 11 is 0. The lowest BCUT2D eigenvalue weighted by atomic mass is 10.1. The van der Waals surface area contributed by atoms with E-state index in [9.17, 15) is 5.11 Å². The molecule has 0 aliphatic heterocycles. The van der Waals surface area contributed by atoms with E-state index in [2.05, 4.69) is 39.1 Å². The minimum atomic E-state index is -0.496. The number of rotatable bonds is 5. The van der Waals surface area contributed by atoms with Crippen molar-refractivity contribution in [3.05, 3.63) is 29.3 Å². The molecule has 19 heavy (non-hydrogen) atoms. The van der Waals surface area contributed by atoms with Gasteiger partial charge in [0, 0.05) is 12.1 Å². The summed E-state index contributed by atoms with van der Waals surface area (Å²) in [5.74, 6) is 0.852. The number of hydrogen-bond donors (Lipinski definition) is 2. The molecule has 0 aliphatic carbocycles. The molecule has 0 saturated carbocycles. The molecule has 0 bridgehead atoms. The predicted octanol–water partition coefficient (Wildman–Crippen LogP) is 2.85. The zero-order chi connectivity index (χ0) is 13.8. The first kappa shape index (κ1) is 18.2. The molecule has 1 aromatic carbocycles.